The highest BCUT2D eigenvalue weighted by molar-refractivity contribution is 5.87. The number of hydrogen-bond acceptors (Lipinski definition) is 6. The van der Waals surface area contributed by atoms with Crippen molar-refractivity contribution >= 4 is 12.0 Å². The fourth-order valence-corrected chi connectivity index (χ4v) is 0.962. The molecule has 0 aliphatic rings. The van der Waals surface area contributed by atoms with Crippen molar-refractivity contribution in [2.24, 2.45) is 0 Å². The average Bonchev–Trinajstić information content (AvgIpc) is 2.35. The summed E-state index contributed by atoms with van der Waals surface area (Å²) >= 11 is 0. The zero-order chi connectivity index (χ0) is 12.0. The van der Waals surface area contributed by atoms with Crippen LogP contribution >= 0.6 is 0 Å². The second-order valence-electron chi connectivity index (χ2n) is 2.68. The molecule has 1 rings (SSSR count). The van der Waals surface area contributed by atoms with Gasteiger partial charge in [-0.15, -0.1) is 0 Å². The molecule has 0 saturated carbocycles. The van der Waals surface area contributed by atoms with Crippen LogP contribution in [0, 0.1) is 0 Å². The van der Waals surface area contributed by atoms with Gasteiger partial charge in [0.1, 0.15) is 0 Å². The Balaban J connectivity index is 2.95. The lowest BCUT2D eigenvalue weighted by Crippen LogP contribution is -1.98. The molecule has 6 nitrogen and oxygen atoms in total. The lowest BCUT2D eigenvalue weighted by atomic mass is 10.3. The van der Waals surface area contributed by atoms with Crippen molar-refractivity contribution in [3.8, 4) is 11.9 Å². The van der Waals surface area contributed by atoms with E-state index in [9.17, 15) is 4.79 Å². The average molecular weight is 224 g/mol. The topological polar surface area (TPSA) is 70.5 Å². The van der Waals surface area contributed by atoms with E-state index in [1.165, 1.54) is 39.7 Å². The minimum atomic E-state index is -0.460. The quantitative estimate of drug-likeness (QED) is 0.553. The fraction of sp³-hybridized carbons (Fsp3) is 0.300. The largest absolute Gasteiger partial charge is 0.480 e. The number of nitrogens with zero attached hydrogens (tertiary/aromatic N) is 2. The molecule has 0 aliphatic heterocycles. The normalized spacial score (nSPS) is 10.2. The molecule has 0 radical (unpaired) electrons. The summed E-state index contributed by atoms with van der Waals surface area (Å²) in [7, 11) is 4.23. The van der Waals surface area contributed by atoms with Crippen LogP contribution in [-0.2, 0) is 9.53 Å². The maximum absolute atomic E-state index is 10.9. The van der Waals surface area contributed by atoms with E-state index in [1.807, 2.05) is 0 Å². The molecule has 0 bridgehead atoms. The highest BCUT2D eigenvalue weighted by Crippen LogP contribution is 2.18. The minimum Gasteiger partial charge on any atom is -0.480 e. The molecule has 0 N–H and O–H groups in total. The molecule has 0 atom stereocenters. The van der Waals surface area contributed by atoms with Gasteiger partial charge in [-0.3, -0.25) is 0 Å². The number of esters is 1. The molecule has 0 unspecified atom stereocenters. The molecule has 86 valence electrons. The summed E-state index contributed by atoms with van der Waals surface area (Å²) in [6, 6.07) is 0.201. The Labute approximate surface area is 92.9 Å². The molecule has 1 aromatic heterocycles. The molecule has 16 heavy (non-hydrogen) atoms. The van der Waals surface area contributed by atoms with Crippen molar-refractivity contribution < 1.29 is 19.0 Å². The predicted molar refractivity (Wildman–Crippen MR) is 56.2 cm³/mol. The van der Waals surface area contributed by atoms with E-state index in [1.54, 1.807) is 0 Å². The Morgan fingerprint density at radius 1 is 1.31 bits per heavy atom. The summed E-state index contributed by atoms with van der Waals surface area (Å²) in [5, 5.41) is 0. The van der Waals surface area contributed by atoms with E-state index >= 15 is 0 Å². The van der Waals surface area contributed by atoms with E-state index in [4.69, 9.17) is 9.47 Å². The zero-order valence-electron chi connectivity index (χ0n) is 9.26. The first-order chi connectivity index (χ1) is 7.71. The van der Waals surface area contributed by atoms with E-state index in [-0.39, 0.29) is 6.01 Å². The van der Waals surface area contributed by atoms with Crippen molar-refractivity contribution in [2.45, 2.75) is 0 Å². The van der Waals surface area contributed by atoms with Crippen molar-refractivity contribution in [1.29, 1.82) is 0 Å². The summed E-state index contributed by atoms with van der Waals surface area (Å²) in [6.45, 7) is 0. The van der Waals surface area contributed by atoms with Gasteiger partial charge in [0.05, 0.1) is 26.9 Å². The SMILES string of the molecule is COC(=O)C=Cc1cnc(OC)nc1OC. The standard InChI is InChI=1S/C10H12N2O4/c1-14-8(13)5-4-7-6-11-10(16-3)12-9(7)15-2/h4-6H,1-3H3. The van der Waals surface area contributed by atoms with Crippen LogP contribution in [0.15, 0.2) is 12.3 Å². The molecule has 0 aromatic carbocycles. The summed E-state index contributed by atoms with van der Waals surface area (Å²) in [5.41, 5.74) is 0.564. The maximum atomic E-state index is 10.9. The number of carbonyl (C=O) groups is 1. The van der Waals surface area contributed by atoms with Crippen LogP contribution in [0.4, 0.5) is 0 Å². The number of hydrogen-bond donors (Lipinski definition) is 0. The Kier molecular flexibility index (Phi) is 4.26. The minimum absolute atomic E-state index is 0.201. The van der Waals surface area contributed by atoms with Gasteiger partial charge in [-0.1, -0.05) is 0 Å². The van der Waals surface area contributed by atoms with Crippen molar-refractivity contribution in [1.82, 2.24) is 9.97 Å². The molecule has 6 heteroatoms. The lowest BCUT2D eigenvalue weighted by Gasteiger charge is -2.04. The van der Waals surface area contributed by atoms with Crippen LogP contribution in [0.1, 0.15) is 5.56 Å². The number of rotatable bonds is 4. The monoisotopic (exact) mass is 224 g/mol. The third-order valence-corrected chi connectivity index (χ3v) is 1.73. The van der Waals surface area contributed by atoms with E-state index < -0.39 is 5.97 Å². The number of methoxy groups -OCH3 is 3. The second-order valence-corrected chi connectivity index (χ2v) is 2.68. The molecule has 0 spiro atoms. The van der Waals surface area contributed by atoms with Crippen molar-refractivity contribution in [3.63, 3.8) is 0 Å². The third-order valence-electron chi connectivity index (χ3n) is 1.73. The molecule has 1 aromatic rings. The van der Waals surface area contributed by atoms with E-state index in [2.05, 4.69) is 14.7 Å². The number of aromatic nitrogens is 2. The second kappa shape index (κ2) is 5.69. The van der Waals surface area contributed by atoms with Crippen LogP contribution in [-0.4, -0.2) is 37.3 Å². The molecule has 0 saturated heterocycles. The molecular formula is C10H12N2O4. The number of ether oxygens (including phenoxy) is 3. The first-order valence-electron chi connectivity index (χ1n) is 4.42. The highest BCUT2D eigenvalue weighted by atomic mass is 16.5. The Morgan fingerprint density at radius 3 is 2.62 bits per heavy atom. The number of carbonyl (C=O) groups excluding carboxylic acids is 1. The summed E-state index contributed by atoms with van der Waals surface area (Å²) < 4.78 is 14.3. The van der Waals surface area contributed by atoms with E-state index in [0.717, 1.165) is 0 Å². The van der Waals surface area contributed by atoms with Crippen LogP contribution in [0.2, 0.25) is 0 Å². The van der Waals surface area contributed by atoms with Crippen LogP contribution in [0.25, 0.3) is 6.08 Å². The van der Waals surface area contributed by atoms with Gasteiger partial charge in [-0.2, -0.15) is 4.98 Å². The molecule has 0 amide bonds. The Hall–Kier alpha value is -2.11. The summed E-state index contributed by atoms with van der Waals surface area (Å²) in [5.74, 6) is -0.134. The van der Waals surface area contributed by atoms with Gasteiger partial charge in [0, 0.05) is 12.3 Å². The molecule has 1 heterocycles. The van der Waals surface area contributed by atoms with Gasteiger partial charge in [0.2, 0.25) is 5.88 Å². The molecule has 0 aliphatic carbocycles. The maximum Gasteiger partial charge on any atom is 0.330 e. The first kappa shape index (κ1) is 12.0. The smallest absolute Gasteiger partial charge is 0.330 e. The van der Waals surface area contributed by atoms with Gasteiger partial charge < -0.3 is 14.2 Å². The van der Waals surface area contributed by atoms with Gasteiger partial charge >= 0.3 is 12.0 Å². The fourth-order valence-electron chi connectivity index (χ4n) is 0.962. The van der Waals surface area contributed by atoms with Crippen LogP contribution in [0.3, 0.4) is 0 Å². The Bertz CT molecular complexity index is 404. The zero-order valence-corrected chi connectivity index (χ0v) is 9.26. The van der Waals surface area contributed by atoms with Gasteiger partial charge in [0.15, 0.2) is 0 Å². The van der Waals surface area contributed by atoms with E-state index in [0.29, 0.717) is 11.4 Å². The summed E-state index contributed by atoms with van der Waals surface area (Å²) in [6.07, 6.45) is 4.25. The van der Waals surface area contributed by atoms with Gasteiger partial charge in [-0.25, -0.2) is 9.78 Å². The first-order valence-corrected chi connectivity index (χ1v) is 4.42. The predicted octanol–water partition coefficient (Wildman–Crippen LogP) is 0.680. The highest BCUT2D eigenvalue weighted by Gasteiger charge is 2.05. The molecule has 0 fully saturated rings. The van der Waals surface area contributed by atoms with Crippen molar-refractivity contribution in [3.05, 3.63) is 17.8 Å². The molecular weight excluding hydrogens is 212 g/mol. The lowest BCUT2D eigenvalue weighted by molar-refractivity contribution is -0.134. The van der Waals surface area contributed by atoms with Gasteiger partial charge in [0.25, 0.3) is 0 Å². The van der Waals surface area contributed by atoms with Gasteiger partial charge in [-0.05, 0) is 6.08 Å². The van der Waals surface area contributed by atoms with Crippen LogP contribution < -0.4 is 9.47 Å². The Morgan fingerprint density at radius 2 is 2.06 bits per heavy atom. The van der Waals surface area contributed by atoms with Crippen LogP contribution in [0.5, 0.6) is 11.9 Å². The summed E-state index contributed by atoms with van der Waals surface area (Å²) in [4.78, 5) is 18.7. The van der Waals surface area contributed by atoms with Crippen molar-refractivity contribution in [2.75, 3.05) is 21.3 Å². The third kappa shape index (κ3) is 2.94.